The molecule has 0 heterocycles. The number of unbranched alkanes of at least 4 members (excludes halogenated alkanes) is 18. The van der Waals surface area contributed by atoms with Gasteiger partial charge in [0.25, 0.3) is 0 Å². The van der Waals surface area contributed by atoms with E-state index < -0.39 is 0 Å². The summed E-state index contributed by atoms with van der Waals surface area (Å²) in [6.45, 7) is 19.2. The number of nitrogens with one attached hydrogen (secondary N) is 1. The zero-order valence-electron chi connectivity index (χ0n) is 30.6. The molecule has 0 aliphatic heterocycles. The first-order valence-corrected chi connectivity index (χ1v) is 20.0. The van der Waals surface area contributed by atoms with Crippen LogP contribution in [0.15, 0.2) is 0 Å². The summed E-state index contributed by atoms with van der Waals surface area (Å²) in [5.74, 6) is 1.84. The number of hydrogen-bond donors (Lipinski definition) is 1. The molecule has 2 unspecified atom stereocenters. The average molecular weight is 593 g/mol. The molecule has 0 saturated heterocycles. The largest absolute Gasteiger partial charge is 0.315 e. The smallest absolute Gasteiger partial charge is 0.00103 e. The van der Waals surface area contributed by atoms with Crippen molar-refractivity contribution < 1.29 is 0 Å². The quantitative estimate of drug-likeness (QED) is 0.0736. The fourth-order valence-corrected chi connectivity index (χ4v) is 6.82. The van der Waals surface area contributed by atoms with Gasteiger partial charge in [-0.05, 0) is 63.5 Å². The van der Waals surface area contributed by atoms with Crippen LogP contribution in [0.3, 0.4) is 0 Å². The first kappa shape index (κ1) is 41.9. The van der Waals surface area contributed by atoms with Gasteiger partial charge in [0.15, 0.2) is 0 Å². The second-order valence-corrected chi connectivity index (χ2v) is 14.5. The van der Waals surface area contributed by atoms with E-state index in [2.05, 4.69) is 51.8 Å². The molecule has 2 nitrogen and oxygen atoms in total. The minimum absolute atomic E-state index is 0.618. The molecule has 42 heavy (non-hydrogen) atoms. The van der Waals surface area contributed by atoms with Gasteiger partial charge in [0, 0.05) is 19.1 Å². The molecular formula is C40H84N2. The molecule has 0 spiro atoms. The fraction of sp³-hybridized carbons (Fsp3) is 1.00. The van der Waals surface area contributed by atoms with Crippen LogP contribution in [0, 0.1) is 11.8 Å². The van der Waals surface area contributed by atoms with Crippen LogP contribution >= 0.6 is 0 Å². The summed E-state index contributed by atoms with van der Waals surface area (Å²) in [7, 11) is 0. The average Bonchev–Trinajstić information content (AvgIpc) is 2.98. The lowest BCUT2D eigenvalue weighted by atomic mass is 9.91. The molecule has 254 valence electrons. The van der Waals surface area contributed by atoms with Gasteiger partial charge in [-0.25, -0.2) is 0 Å². The van der Waals surface area contributed by atoms with Crippen molar-refractivity contribution in [2.75, 3.05) is 26.2 Å². The van der Waals surface area contributed by atoms with Crippen molar-refractivity contribution in [2.45, 2.75) is 221 Å². The van der Waals surface area contributed by atoms with Crippen molar-refractivity contribution in [3.8, 4) is 0 Å². The summed E-state index contributed by atoms with van der Waals surface area (Å²) in [5, 5.41) is 3.63. The van der Waals surface area contributed by atoms with Crippen molar-refractivity contribution >= 4 is 0 Å². The predicted molar refractivity (Wildman–Crippen MR) is 194 cm³/mol. The molecule has 0 fully saturated rings. The van der Waals surface area contributed by atoms with E-state index in [9.17, 15) is 0 Å². The van der Waals surface area contributed by atoms with Crippen LogP contribution in [0.1, 0.15) is 215 Å². The number of rotatable bonds is 35. The van der Waals surface area contributed by atoms with Gasteiger partial charge in [0.2, 0.25) is 0 Å². The topological polar surface area (TPSA) is 15.3 Å². The van der Waals surface area contributed by atoms with Gasteiger partial charge >= 0.3 is 0 Å². The van der Waals surface area contributed by atoms with Crippen LogP contribution in [0.2, 0.25) is 0 Å². The molecule has 0 aliphatic rings. The van der Waals surface area contributed by atoms with E-state index in [1.54, 1.807) is 0 Å². The van der Waals surface area contributed by atoms with Crippen LogP contribution < -0.4 is 5.32 Å². The zero-order valence-corrected chi connectivity index (χ0v) is 30.6. The summed E-state index contributed by atoms with van der Waals surface area (Å²) < 4.78 is 0. The van der Waals surface area contributed by atoms with Crippen molar-refractivity contribution in [2.24, 2.45) is 11.8 Å². The Hall–Kier alpha value is -0.0800. The van der Waals surface area contributed by atoms with Gasteiger partial charge in [0.05, 0.1) is 0 Å². The molecule has 0 aromatic heterocycles. The van der Waals surface area contributed by atoms with E-state index in [0.29, 0.717) is 6.04 Å². The van der Waals surface area contributed by atoms with Crippen LogP contribution in [0.4, 0.5) is 0 Å². The maximum atomic E-state index is 3.63. The maximum Gasteiger partial charge on any atom is 0.00103 e. The van der Waals surface area contributed by atoms with E-state index in [4.69, 9.17) is 0 Å². The van der Waals surface area contributed by atoms with Crippen LogP contribution in [-0.4, -0.2) is 37.1 Å². The summed E-state index contributed by atoms with van der Waals surface area (Å²) >= 11 is 0. The van der Waals surface area contributed by atoms with Crippen molar-refractivity contribution in [3.05, 3.63) is 0 Å². The Morgan fingerprint density at radius 1 is 0.405 bits per heavy atom. The molecule has 0 bridgehead atoms. The molecule has 0 amide bonds. The van der Waals surface area contributed by atoms with E-state index in [1.807, 2.05) is 0 Å². The standard InChI is InChI=1S/C40H84N2/c1-7-11-15-19-21-26-32-39(30-24-17-13-9-3)36-42(35-29-23-28-34-41-38(5)6)37-40(31-25-18-14-10-4)33-27-22-20-16-12-8-2/h38-41H,7-37H2,1-6H3. The molecule has 2 atom stereocenters. The minimum atomic E-state index is 0.618. The van der Waals surface area contributed by atoms with Gasteiger partial charge in [-0.1, -0.05) is 176 Å². The molecule has 0 saturated carbocycles. The number of nitrogens with zero attached hydrogens (tertiary/aromatic N) is 1. The second kappa shape index (κ2) is 33.8. The summed E-state index contributed by atoms with van der Waals surface area (Å²) in [4.78, 5) is 3.00. The lowest BCUT2D eigenvalue weighted by Gasteiger charge is -2.32. The molecule has 0 rings (SSSR count). The summed E-state index contributed by atoms with van der Waals surface area (Å²) in [6.07, 6.45) is 38.7. The summed E-state index contributed by atoms with van der Waals surface area (Å²) in [6, 6.07) is 0.618. The molecule has 2 heteroatoms. The summed E-state index contributed by atoms with van der Waals surface area (Å²) in [5.41, 5.74) is 0. The molecule has 0 aromatic carbocycles. The zero-order chi connectivity index (χ0) is 30.9. The van der Waals surface area contributed by atoms with Gasteiger partial charge in [-0.15, -0.1) is 0 Å². The normalized spacial score (nSPS) is 13.4. The predicted octanol–water partition coefficient (Wildman–Crippen LogP) is 13.1. The van der Waals surface area contributed by atoms with E-state index in [-0.39, 0.29) is 0 Å². The molecule has 0 radical (unpaired) electrons. The highest BCUT2D eigenvalue weighted by atomic mass is 15.1. The van der Waals surface area contributed by atoms with E-state index >= 15 is 0 Å². The van der Waals surface area contributed by atoms with Crippen LogP contribution in [0.5, 0.6) is 0 Å². The SMILES string of the molecule is CCCCCCCCC(CCCCCC)CN(CCCCCNC(C)C)CC(CCCCCC)CCCCCCCC. The Bertz CT molecular complexity index is 456. The Balaban J connectivity index is 5.21. The van der Waals surface area contributed by atoms with Gasteiger partial charge in [0.1, 0.15) is 0 Å². The monoisotopic (exact) mass is 593 g/mol. The highest BCUT2D eigenvalue weighted by Crippen LogP contribution is 2.24. The van der Waals surface area contributed by atoms with Crippen LogP contribution in [0.25, 0.3) is 0 Å². The van der Waals surface area contributed by atoms with Crippen molar-refractivity contribution in [1.29, 1.82) is 0 Å². The lowest BCUT2D eigenvalue weighted by molar-refractivity contribution is 0.170. The highest BCUT2D eigenvalue weighted by molar-refractivity contribution is 4.73. The van der Waals surface area contributed by atoms with Gasteiger partial charge < -0.3 is 10.2 Å². The maximum absolute atomic E-state index is 3.63. The van der Waals surface area contributed by atoms with Crippen molar-refractivity contribution in [1.82, 2.24) is 10.2 Å². The Kier molecular flexibility index (Phi) is 33.7. The first-order chi connectivity index (χ1) is 20.6. The van der Waals surface area contributed by atoms with E-state index in [0.717, 1.165) is 11.8 Å². The Labute approximate surface area is 268 Å². The lowest BCUT2D eigenvalue weighted by Crippen LogP contribution is -2.35. The third-order valence-electron chi connectivity index (χ3n) is 9.60. The van der Waals surface area contributed by atoms with Gasteiger partial charge in [-0.2, -0.15) is 0 Å². The second-order valence-electron chi connectivity index (χ2n) is 14.5. The molecule has 0 aromatic rings. The van der Waals surface area contributed by atoms with E-state index in [1.165, 1.54) is 200 Å². The van der Waals surface area contributed by atoms with Crippen LogP contribution in [-0.2, 0) is 0 Å². The third-order valence-corrected chi connectivity index (χ3v) is 9.60. The molecular weight excluding hydrogens is 508 g/mol. The molecule has 1 N–H and O–H groups in total. The highest BCUT2D eigenvalue weighted by Gasteiger charge is 2.19. The number of hydrogen-bond acceptors (Lipinski definition) is 2. The van der Waals surface area contributed by atoms with Gasteiger partial charge in [-0.3, -0.25) is 0 Å². The Morgan fingerprint density at radius 2 is 0.738 bits per heavy atom. The first-order valence-electron chi connectivity index (χ1n) is 20.0. The third kappa shape index (κ3) is 30.0. The van der Waals surface area contributed by atoms with Crippen molar-refractivity contribution in [3.63, 3.8) is 0 Å². The molecule has 0 aliphatic carbocycles. The minimum Gasteiger partial charge on any atom is -0.315 e. The fourth-order valence-electron chi connectivity index (χ4n) is 6.82. The Morgan fingerprint density at radius 3 is 1.12 bits per heavy atom.